The lowest BCUT2D eigenvalue weighted by Gasteiger charge is -2.30. The molecule has 3 heteroatoms. The third kappa shape index (κ3) is 3.51. The number of ether oxygens (including phenoxy) is 1. The first-order valence-electron chi connectivity index (χ1n) is 5.54. The van der Waals surface area contributed by atoms with E-state index in [9.17, 15) is 0 Å². The van der Waals surface area contributed by atoms with Crippen molar-refractivity contribution in [2.24, 2.45) is 11.1 Å². The molecule has 90 valence electrons. The molecule has 16 heavy (non-hydrogen) atoms. The molecule has 0 aliphatic rings. The molecule has 1 atom stereocenters. The molecule has 1 rings (SSSR count). The standard InChI is InChI=1S/C13H21NO2/c1-13(2,3)12(8-14)16-11-6-4-5-10(7-11)9-15/h4-7,12,15H,8-9,14H2,1-3H3. The van der Waals surface area contributed by atoms with Gasteiger partial charge in [0.1, 0.15) is 11.9 Å². The molecule has 0 bridgehead atoms. The summed E-state index contributed by atoms with van der Waals surface area (Å²) in [7, 11) is 0. The molecule has 1 aromatic carbocycles. The lowest BCUT2D eigenvalue weighted by molar-refractivity contribution is 0.0939. The summed E-state index contributed by atoms with van der Waals surface area (Å²) >= 11 is 0. The van der Waals surface area contributed by atoms with Crippen molar-refractivity contribution >= 4 is 0 Å². The van der Waals surface area contributed by atoms with Gasteiger partial charge in [0.25, 0.3) is 0 Å². The Bertz CT molecular complexity index is 331. The topological polar surface area (TPSA) is 55.5 Å². The molecule has 3 nitrogen and oxygen atoms in total. The quantitative estimate of drug-likeness (QED) is 0.820. The fourth-order valence-electron chi connectivity index (χ4n) is 1.46. The molecule has 0 saturated carbocycles. The largest absolute Gasteiger partial charge is 0.489 e. The van der Waals surface area contributed by atoms with E-state index in [2.05, 4.69) is 20.8 Å². The van der Waals surface area contributed by atoms with E-state index in [1.165, 1.54) is 0 Å². The molecular weight excluding hydrogens is 202 g/mol. The Kier molecular flexibility index (Phi) is 4.33. The second-order valence-electron chi connectivity index (χ2n) is 5.01. The SMILES string of the molecule is CC(C)(C)C(CN)Oc1cccc(CO)c1. The van der Waals surface area contributed by atoms with Crippen LogP contribution in [0.25, 0.3) is 0 Å². The van der Waals surface area contributed by atoms with Crippen LogP contribution in [-0.4, -0.2) is 17.8 Å². The summed E-state index contributed by atoms with van der Waals surface area (Å²) in [5.74, 6) is 0.761. The average Bonchev–Trinajstić information content (AvgIpc) is 2.24. The fraction of sp³-hybridized carbons (Fsp3) is 0.538. The zero-order valence-corrected chi connectivity index (χ0v) is 10.2. The highest BCUT2D eigenvalue weighted by Crippen LogP contribution is 2.24. The highest BCUT2D eigenvalue weighted by Gasteiger charge is 2.25. The van der Waals surface area contributed by atoms with Crippen LogP contribution in [0.3, 0.4) is 0 Å². The molecule has 0 radical (unpaired) electrons. The molecule has 1 aromatic rings. The smallest absolute Gasteiger partial charge is 0.120 e. The summed E-state index contributed by atoms with van der Waals surface area (Å²) in [6, 6.07) is 7.46. The van der Waals surface area contributed by atoms with Gasteiger partial charge < -0.3 is 15.6 Å². The lowest BCUT2D eigenvalue weighted by atomic mass is 9.89. The van der Waals surface area contributed by atoms with Crippen molar-refractivity contribution in [1.29, 1.82) is 0 Å². The first-order valence-corrected chi connectivity index (χ1v) is 5.54. The number of nitrogens with two attached hydrogens (primary N) is 1. The maximum absolute atomic E-state index is 9.03. The Balaban J connectivity index is 2.78. The number of rotatable bonds is 4. The zero-order valence-electron chi connectivity index (χ0n) is 10.2. The highest BCUT2D eigenvalue weighted by molar-refractivity contribution is 5.28. The maximum atomic E-state index is 9.03. The van der Waals surface area contributed by atoms with Crippen molar-refractivity contribution < 1.29 is 9.84 Å². The predicted octanol–water partition coefficient (Wildman–Crippen LogP) is 1.93. The van der Waals surface area contributed by atoms with E-state index in [1.807, 2.05) is 24.3 Å². The van der Waals surface area contributed by atoms with Crippen LogP contribution >= 0.6 is 0 Å². The molecule has 3 N–H and O–H groups in total. The van der Waals surface area contributed by atoms with Gasteiger partial charge in [-0.25, -0.2) is 0 Å². The number of hydrogen-bond acceptors (Lipinski definition) is 3. The minimum atomic E-state index is -0.0264. The van der Waals surface area contributed by atoms with Crippen molar-refractivity contribution in [2.45, 2.75) is 33.5 Å². The van der Waals surface area contributed by atoms with Gasteiger partial charge in [0.15, 0.2) is 0 Å². The van der Waals surface area contributed by atoms with Gasteiger partial charge in [-0.15, -0.1) is 0 Å². The predicted molar refractivity (Wildman–Crippen MR) is 65.3 cm³/mol. The molecular formula is C13H21NO2. The fourth-order valence-corrected chi connectivity index (χ4v) is 1.46. The van der Waals surface area contributed by atoms with Crippen molar-refractivity contribution in [3.8, 4) is 5.75 Å². The van der Waals surface area contributed by atoms with E-state index in [0.29, 0.717) is 6.54 Å². The summed E-state index contributed by atoms with van der Waals surface area (Å²) in [5.41, 5.74) is 6.56. The third-order valence-corrected chi connectivity index (χ3v) is 2.54. The van der Waals surface area contributed by atoms with Gasteiger partial charge in [-0.3, -0.25) is 0 Å². The van der Waals surface area contributed by atoms with Crippen LogP contribution in [-0.2, 0) is 6.61 Å². The molecule has 1 unspecified atom stereocenters. The van der Waals surface area contributed by atoms with E-state index in [0.717, 1.165) is 11.3 Å². The van der Waals surface area contributed by atoms with Gasteiger partial charge >= 0.3 is 0 Å². The first-order chi connectivity index (χ1) is 7.47. The molecule has 0 saturated heterocycles. The molecule has 0 aliphatic heterocycles. The second kappa shape index (κ2) is 5.32. The van der Waals surface area contributed by atoms with Crippen LogP contribution in [0.15, 0.2) is 24.3 Å². The van der Waals surface area contributed by atoms with Gasteiger partial charge in [0, 0.05) is 12.0 Å². The molecule has 0 spiro atoms. The van der Waals surface area contributed by atoms with E-state index >= 15 is 0 Å². The molecule has 0 amide bonds. The summed E-state index contributed by atoms with van der Waals surface area (Å²) in [4.78, 5) is 0. The minimum Gasteiger partial charge on any atom is -0.489 e. The Morgan fingerprint density at radius 3 is 2.56 bits per heavy atom. The molecule has 0 fully saturated rings. The van der Waals surface area contributed by atoms with Crippen LogP contribution in [0, 0.1) is 5.41 Å². The van der Waals surface area contributed by atoms with Crippen molar-refractivity contribution in [3.63, 3.8) is 0 Å². The third-order valence-electron chi connectivity index (χ3n) is 2.54. The lowest BCUT2D eigenvalue weighted by Crippen LogP contribution is -2.38. The Morgan fingerprint density at radius 2 is 2.06 bits per heavy atom. The van der Waals surface area contributed by atoms with E-state index in [-0.39, 0.29) is 18.1 Å². The van der Waals surface area contributed by atoms with Gasteiger partial charge in [-0.2, -0.15) is 0 Å². The van der Waals surface area contributed by atoms with Gasteiger partial charge in [0.05, 0.1) is 6.61 Å². The Morgan fingerprint density at radius 1 is 1.38 bits per heavy atom. The zero-order chi connectivity index (χ0) is 12.2. The van der Waals surface area contributed by atoms with Crippen LogP contribution in [0.1, 0.15) is 26.3 Å². The van der Waals surface area contributed by atoms with Crippen LogP contribution < -0.4 is 10.5 Å². The summed E-state index contributed by atoms with van der Waals surface area (Å²) in [6.07, 6.45) is -0.0264. The number of hydrogen-bond donors (Lipinski definition) is 2. The van der Waals surface area contributed by atoms with Crippen molar-refractivity contribution in [2.75, 3.05) is 6.54 Å². The normalized spacial score (nSPS) is 13.6. The van der Waals surface area contributed by atoms with Gasteiger partial charge in [0.2, 0.25) is 0 Å². The molecule has 0 aromatic heterocycles. The summed E-state index contributed by atoms with van der Waals surface area (Å²) in [6.45, 7) is 6.80. The van der Waals surface area contributed by atoms with Crippen LogP contribution in [0.2, 0.25) is 0 Å². The monoisotopic (exact) mass is 223 g/mol. The number of benzene rings is 1. The number of aliphatic hydroxyl groups excluding tert-OH is 1. The van der Waals surface area contributed by atoms with E-state index in [4.69, 9.17) is 15.6 Å². The second-order valence-corrected chi connectivity index (χ2v) is 5.01. The molecule has 0 aliphatic carbocycles. The van der Waals surface area contributed by atoms with E-state index < -0.39 is 0 Å². The van der Waals surface area contributed by atoms with E-state index in [1.54, 1.807) is 0 Å². The summed E-state index contributed by atoms with van der Waals surface area (Å²) < 4.78 is 5.83. The number of aliphatic hydroxyl groups is 1. The van der Waals surface area contributed by atoms with Crippen molar-refractivity contribution in [3.05, 3.63) is 29.8 Å². The summed E-state index contributed by atoms with van der Waals surface area (Å²) in [5, 5.41) is 9.03. The minimum absolute atomic E-state index is 0.00394. The first kappa shape index (κ1) is 13.0. The van der Waals surface area contributed by atoms with Gasteiger partial charge in [-0.05, 0) is 17.7 Å². The Labute approximate surface area is 97.2 Å². The Hall–Kier alpha value is -1.06. The highest BCUT2D eigenvalue weighted by atomic mass is 16.5. The average molecular weight is 223 g/mol. The van der Waals surface area contributed by atoms with Crippen LogP contribution in [0.5, 0.6) is 5.75 Å². The van der Waals surface area contributed by atoms with Crippen LogP contribution in [0.4, 0.5) is 0 Å². The molecule has 0 heterocycles. The maximum Gasteiger partial charge on any atom is 0.120 e. The van der Waals surface area contributed by atoms with Crippen molar-refractivity contribution in [1.82, 2.24) is 0 Å². The van der Waals surface area contributed by atoms with Gasteiger partial charge in [-0.1, -0.05) is 32.9 Å².